The molecule has 1 unspecified atom stereocenters. The number of hydrogen-bond acceptors (Lipinski definition) is 2. The lowest BCUT2D eigenvalue weighted by atomic mass is 10.1. The van der Waals surface area contributed by atoms with Crippen LogP contribution in [0.2, 0.25) is 10.0 Å². The average Bonchev–Trinajstić information content (AvgIpc) is 2.04. The lowest BCUT2D eigenvalue weighted by Crippen LogP contribution is -1.99. The molecule has 1 N–H and O–H groups in total. The van der Waals surface area contributed by atoms with Gasteiger partial charge < -0.3 is 9.90 Å². The van der Waals surface area contributed by atoms with Gasteiger partial charge in [-0.2, -0.15) is 0 Å². The van der Waals surface area contributed by atoms with E-state index in [1.165, 1.54) is 0 Å². The van der Waals surface area contributed by atoms with Crippen LogP contribution in [0.5, 0.6) is 0 Å². The van der Waals surface area contributed by atoms with Crippen molar-refractivity contribution >= 4 is 29.5 Å². The number of rotatable bonds is 3. The highest BCUT2D eigenvalue weighted by Gasteiger charge is 2.14. The van der Waals surface area contributed by atoms with Gasteiger partial charge in [0.25, 0.3) is 0 Å². The molecule has 0 heterocycles. The predicted molar refractivity (Wildman–Crippen MR) is 52.1 cm³/mol. The second-order valence-corrected chi connectivity index (χ2v) is 3.37. The van der Waals surface area contributed by atoms with Crippen molar-refractivity contribution in [2.45, 2.75) is 12.5 Å². The summed E-state index contributed by atoms with van der Waals surface area (Å²) in [5, 5.41) is 10.2. The van der Waals surface area contributed by atoms with Crippen LogP contribution in [0.25, 0.3) is 0 Å². The summed E-state index contributed by atoms with van der Waals surface area (Å²) in [6, 6.07) is 4.93. The van der Waals surface area contributed by atoms with Crippen LogP contribution in [0.4, 0.5) is 0 Å². The molecule has 0 aromatic heterocycles. The molecule has 13 heavy (non-hydrogen) atoms. The summed E-state index contributed by atoms with van der Waals surface area (Å²) in [4.78, 5) is 10.2. The van der Waals surface area contributed by atoms with E-state index >= 15 is 0 Å². The van der Waals surface area contributed by atoms with Gasteiger partial charge in [0.05, 0.1) is 6.10 Å². The molecule has 0 saturated carbocycles. The minimum Gasteiger partial charge on any atom is -0.388 e. The van der Waals surface area contributed by atoms with Crippen LogP contribution in [0.15, 0.2) is 18.2 Å². The van der Waals surface area contributed by atoms with E-state index in [0.29, 0.717) is 21.9 Å². The largest absolute Gasteiger partial charge is 0.388 e. The van der Waals surface area contributed by atoms with Crippen LogP contribution in [0, 0.1) is 0 Å². The highest BCUT2D eigenvalue weighted by molar-refractivity contribution is 6.36. The van der Waals surface area contributed by atoms with Crippen molar-refractivity contribution in [1.82, 2.24) is 0 Å². The van der Waals surface area contributed by atoms with E-state index in [9.17, 15) is 9.90 Å². The van der Waals surface area contributed by atoms with Gasteiger partial charge in [0.2, 0.25) is 0 Å². The third-order valence-corrected chi connectivity index (χ3v) is 2.31. The van der Waals surface area contributed by atoms with Gasteiger partial charge in [0, 0.05) is 22.0 Å². The van der Waals surface area contributed by atoms with Gasteiger partial charge in [-0.25, -0.2) is 0 Å². The molecule has 0 bridgehead atoms. The van der Waals surface area contributed by atoms with E-state index in [4.69, 9.17) is 23.2 Å². The van der Waals surface area contributed by atoms with Gasteiger partial charge in [0.1, 0.15) is 6.29 Å². The summed E-state index contributed by atoms with van der Waals surface area (Å²) in [6.45, 7) is 0. The number of halogens is 2. The Balaban J connectivity index is 3.04. The summed E-state index contributed by atoms with van der Waals surface area (Å²) in [5.74, 6) is 0. The quantitative estimate of drug-likeness (QED) is 0.793. The second-order valence-electron chi connectivity index (χ2n) is 2.55. The van der Waals surface area contributed by atoms with Crippen molar-refractivity contribution in [3.05, 3.63) is 33.8 Å². The Bertz CT molecular complexity index is 292. The first-order valence-corrected chi connectivity index (χ1v) is 4.48. The number of aliphatic hydroxyl groups excluding tert-OH is 1. The van der Waals surface area contributed by atoms with Crippen molar-refractivity contribution in [2.75, 3.05) is 0 Å². The number of hydrogen-bond donors (Lipinski definition) is 1. The molecular weight excluding hydrogens is 211 g/mol. The smallest absolute Gasteiger partial charge is 0.122 e. The lowest BCUT2D eigenvalue weighted by Gasteiger charge is -2.10. The molecule has 0 aliphatic rings. The van der Waals surface area contributed by atoms with Gasteiger partial charge in [-0.15, -0.1) is 0 Å². The van der Waals surface area contributed by atoms with Crippen molar-refractivity contribution in [3.8, 4) is 0 Å². The Morgan fingerprint density at radius 1 is 1.38 bits per heavy atom. The number of carbonyl (C=O) groups is 1. The molecule has 0 radical (unpaired) electrons. The summed E-state index contributed by atoms with van der Waals surface area (Å²) >= 11 is 11.6. The molecule has 0 amide bonds. The minimum atomic E-state index is -0.918. The lowest BCUT2D eigenvalue weighted by molar-refractivity contribution is -0.109. The maximum absolute atomic E-state index is 10.2. The third kappa shape index (κ3) is 2.44. The minimum absolute atomic E-state index is 0.00343. The van der Waals surface area contributed by atoms with Gasteiger partial charge >= 0.3 is 0 Å². The normalized spacial score (nSPS) is 12.5. The first-order chi connectivity index (χ1) is 6.16. The van der Waals surface area contributed by atoms with Gasteiger partial charge in [0.15, 0.2) is 0 Å². The van der Waals surface area contributed by atoms with E-state index < -0.39 is 6.10 Å². The molecule has 1 rings (SSSR count). The fourth-order valence-corrected chi connectivity index (χ4v) is 1.69. The zero-order valence-electron chi connectivity index (χ0n) is 6.71. The third-order valence-electron chi connectivity index (χ3n) is 1.65. The van der Waals surface area contributed by atoms with Crippen LogP contribution in [0.1, 0.15) is 18.1 Å². The summed E-state index contributed by atoms with van der Waals surface area (Å²) in [7, 11) is 0. The molecule has 2 nitrogen and oxygen atoms in total. The van der Waals surface area contributed by atoms with Crippen LogP contribution in [-0.4, -0.2) is 11.4 Å². The van der Waals surface area contributed by atoms with E-state index in [2.05, 4.69) is 0 Å². The fraction of sp³-hybridized carbons (Fsp3) is 0.222. The Morgan fingerprint density at radius 2 is 1.92 bits per heavy atom. The predicted octanol–water partition coefficient (Wildman–Crippen LogP) is 2.62. The van der Waals surface area contributed by atoms with Crippen molar-refractivity contribution < 1.29 is 9.90 Å². The zero-order valence-corrected chi connectivity index (χ0v) is 8.22. The monoisotopic (exact) mass is 218 g/mol. The Morgan fingerprint density at radius 3 is 2.38 bits per heavy atom. The van der Waals surface area contributed by atoms with E-state index in [1.54, 1.807) is 18.2 Å². The zero-order chi connectivity index (χ0) is 9.84. The Hall–Kier alpha value is -0.570. The van der Waals surface area contributed by atoms with Crippen molar-refractivity contribution in [2.24, 2.45) is 0 Å². The number of aldehydes is 1. The molecule has 1 aromatic carbocycles. The maximum atomic E-state index is 10.2. The molecule has 1 aromatic rings. The highest BCUT2D eigenvalue weighted by atomic mass is 35.5. The molecule has 0 saturated heterocycles. The fourth-order valence-electron chi connectivity index (χ4n) is 1.04. The summed E-state index contributed by atoms with van der Waals surface area (Å²) < 4.78 is 0. The molecule has 0 fully saturated rings. The van der Waals surface area contributed by atoms with E-state index in [1.807, 2.05) is 0 Å². The topological polar surface area (TPSA) is 37.3 Å². The molecule has 0 aliphatic heterocycles. The Kier molecular flexibility index (Phi) is 3.72. The number of benzene rings is 1. The molecule has 70 valence electrons. The van der Waals surface area contributed by atoms with E-state index in [-0.39, 0.29) is 6.42 Å². The average molecular weight is 219 g/mol. The molecule has 1 atom stereocenters. The number of carbonyl (C=O) groups excluding carboxylic acids is 1. The molecular formula is C9H8Cl2O2. The Labute approximate surface area is 86.1 Å². The molecule has 0 spiro atoms. The first kappa shape index (κ1) is 10.5. The van der Waals surface area contributed by atoms with Crippen LogP contribution in [-0.2, 0) is 4.79 Å². The standard InChI is InChI=1S/C9H8Cl2O2/c10-6-2-1-3-7(11)9(6)8(13)4-5-12/h1-3,5,8,13H,4H2. The summed E-state index contributed by atoms with van der Waals surface area (Å²) in [5.41, 5.74) is 0.415. The molecule has 4 heteroatoms. The highest BCUT2D eigenvalue weighted by Crippen LogP contribution is 2.31. The van der Waals surface area contributed by atoms with Crippen molar-refractivity contribution in [3.63, 3.8) is 0 Å². The van der Waals surface area contributed by atoms with Crippen molar-refractivity contribution in [1.29, 1.82) is 0 Å². The first-order valence-electron chi connectivity index (χ1n) is 3.72. The van der Waals surface area contributed by atoms with Gasteiger partial charge in [-0.3, -0.25) is 0 Å². The van der Waals surface area contributed by atoms with Gasteiger partial charge in [-0.05, 0) is 12.1 Å². The second kappa shape index (κ2) is 4.61. The van der Waals surface area contributed by atoms with Crippen LogP contribution >= 0.6 is 23.2 Å². The molecule has 0 aliphatic carbocycles. The SMILES string of the molecule is O=CCC(O)c1c(Cl)cccc1Cl. The summed E-state index contributed by atoms with van der Waals surface area (Å²) in [6.07, 6.45) is -0.285. The maximum Gasteiger partial charge on any atom is 0.122 e. The van der Waals surface area contributed by atoms with Crippen LogP contribution < -0.4 is 0 Å². The van der Waals surface area contributed by atoms with Crippen LogP contribution in [0.3, 0.4) is 0 Å². The van der Waals surface area contributed by atoms with E-state index in [0.717, 1.165) is 0 Å². The van der Waals surface area contributed by atoms with Gasteiger partial charge in [-0.1, -0.05) is 29.3 Å². The number of aliphatic hydroxyl groups is 1.